The van der Waals surface area contributed by atoms with E-state index in [2.05, 4.69) is 14.9 Å². The number of benzene rings is 1. The number of aliphatic hydroxyl groups excluding tert-OH is 1. The Labute approximate surface area is 171 Å². The van der Waals surface area contributed by atoms with E-state index >= 15 is 0 Å². The number of nitrogens with zero attached hydrogens (tertiary/aromatic N) is 3. The fraction of sp³-hybridized carbons (Fsp3) is 0.235. The summed E-state index contributed by atoms with van der Waals surface area (Å²) >= 11 is 0.900. The largest absolute Gasteiger partial charge is 0.414 e. The van der Waals surface area contributed by atoms with Crippen LogP contribution in [0.15, 0.2) is 34.9 Å². The van der Waals surface area contributed by atoms with E-state index < -0.39 is 36.4 Å². The topological polar surface area (TPSA) is 141 Å². The number of carbonyl (C=O) groups is 1. The minimum absolute atomic E-state index is 0.0981. The fourth-order valence-corrected chi connectivity index (χ4v) is 3.62. The molecule has 0 aliphatic rings. The number of anilines is 3. The van der Waals surface area contributed by atoms with Crippen molar-refractivity contribution in [2.45, 2.75) is 25.7 Å². The van der Waals surface area contributed by atoms with Crippen LogP contribution in [0.2, 0.25) is 0 Å². The van der Waals surface area contributed by atoms with Crippen LogP contribution in [0, 0.1) is 5.82 Å². The molecule has 2 atom stereocenters. The lowest BCUT2D eigenvalue weighted by molar-refractivity contribution is -0.118. The zero-order valence-electron chi connectivity index (χ0n) is 15.3. The molecule has 0 aliphatic heterocycles. The number of carbonyl (C=O) groups excluding carboxylic acids is 1. The lowest BCUT2D eigenvalue weighted by atomic mass is 10.2. The predicted octanol–water partition coefficient (Wildman–Crippen LogP) is 2.55. The first kappa shape index (κ1) is 21.4. The van der Waals surface area contributed by atoms with Gasteiger partial charge in [0.15, 0.2) is 17.0 Å². The van der Waals surface area contributed by atoms with Crippen LogP contribution < -0.4 is 21.1 Å². The van der Waals surface area contributed by atoms with Crippen molar-refractivity contribution in [2.75, 3.05) is 10.6 Å². The Morgan fingerprint density at radius 3 is 2.60 bits per heavy atom. The van der Waals surface area contributed by atoms with E-state index in [-0.39, 0.29) is 21.6 Å². The third kappa shape index (κ3) is 4.46. The van der Waals surface area contributed by atoms with Gasteiger partial charge in [-0.15, -0.1) is 0 Å². The van der Waals surface area contributed by atoms with Crippen molar-refractivity contribution < 1.29 is 32.3 Å². The van der Waals surface area contributed by atoms with Gasteiger partial charge >= 0.3 is 6.61 Å². The fourth-order valence-electron chi connectivity index (χ4n) is 2.54. The highest BCUT2D eigenvalue weighted by Crippen LogP contribution is 2.40. The minimum Gasteiger partial charge on any atom is -0.414 e. The minimum atomic E-state index is -3.11. The Balaban J connectivity index is 1.96. The Morgan fingerprint density at radius 1 is 1.33 bits per heavy atom. The van der Waals surface area contributed by atoms with Crippen molar-refractivity contribution in [3.63, 3.8) is 0 Å². The molecule has 5 N–H and O–H groups in total. The normalized spacial score (nSPS) is 13.3. The Hall–Kier alpha value is -3.32. The van der Waals surface area contributed by atoms with Gasteiger partial charge in [-0.25, -0.2) is 9.37 Å². The number of rotatable bonds is 8. The van der Waals surface area contributed by atoms with E-state index in [1.165, 1.54) is 36.1 Å². The van der Waals surface area contributed by atoms with Gasteiger partial charge in [-0.1, -0.05) is 11.3 Å². The molecule has 3 rings (SSSR count). The van der Waals surface area contributed by atoms with Gasteiger partial charge < -0.3 is 30.7 Å². The highest BCUT2D eigenvalue weighted by Gasteiger charge is 2.29. The van der Waals surface area contributed by atoms with Gasteiger partial charge in [0.1, 0.15) is 17.7 Å². The first-order chi connectivity index (χ1) is 14.2. The lowest BCUT2D eigenvalue weighted by Crippen LogP contribution is -2.39. The van der Waals surface area contributed by atoms with E-state index in [4.69, 9.17) is 16.0 Å². The molecule has 0 saturated heterocycles. The number of aliphatic hydroxyl groups is 1. The summed E-state index contributed by atoms with van der Waals surface area (Å²) in [5.74, 6) is -1.98. The number of alkyl halides is 2. The molecule has 30 heavy (non-hydrogen) atoms. The number of thiazole rings is 1. The maximum atomic E-state index is 13.3. The SMILES string of the molecule is CC(C(N)=O)N(c1ccc(F)cc1)c1nc(N)c(C(O)c2cc(OC(F)F)no2)s1. The number of ether oxygens (including phenoxy) is 1. The second-order valence-corrected chi connectivity index (χ2v) is 7.03. The highest BCUT2D eigenvalue weighted by atomic mass is 32.1. The van der Waals surface area contributed by atoms with Gasteiger partial charge in [-0.3, -0.25) is 4.79 Å². The maximum absolute atomic E-state index is 13.3. The van der Waals surface area contributed by atoms with Gasteiger partial charge in [-0.05, 0) is 36.3 Å². The predicted molar refractivity (Wildman–Crippen MR) is 101 cm³/mol. The van der Waals surface area contributed by atoms with E-state index in [1.54, 1.807) is 0 Å². The molecule has 0 bridgehead atoms. The number of hydrogen-bond donors (Lipinski definition) is 3. The molecule has 3 aromatic rings. The van der Waals surface area contributed by atoms with Crippen LogP contribution in [0.4, 0.5) is 29.8 Å². The molecule has 1 amide bonds. The summed E-state index contributed by atoms with van der Waals surface area (Å²) in [4.78, 5) is 17.5. The monoisotopic (exact) mass is 443 g/mol. The average molecular weight is 443 g/mol. The average Bonchev–Trinajstić information content (AvgIpc) is 3.29. The quantitative estimate of drug-likeness (QED) is 0.482. The van der Waals surface area contributed by atoms with E-state index in [9.17, 15) is 23.1 Å². The first-order valence-corrected chi connectivity index (χ1v) is 9.18. The van der Waals surface area contributed by atoms with Crippen molar-refractivity contribution in [2.24, 2.45) is 5.73 Å². The summed E-state index contributed by atoms with van der Waals surface area (Å²) < 4.78 is 46.8. The van der Waals surface area contributed by atoms with Crippen molar-refractivity contribution in [3.8, 4) is 5.88 Å². The van der Waals surface area contributed by atoms with Gasteiger partial charge in [0.05, 0.1) is 4.88 Å². The van der Waals surface area contributed by atoms with E-state index in [1.807, 2.05) is 0 Å². The van der Waals surface area contributed by atoms with Crippen LogP contribution in [-0.4, -0.2) is 33.8 Å². The van der Waals surface area contributed by atoms with Crippen molar-refractivity contribution >= 4 is 33.9 Å². The summed E-state index contributed by atoms with van der Waals surface area (Å²) in [5, 5.41) is 14.0. The zero-order valence-corrected chi connectivity index (χ0v) is 16.1. The Kier molecular flexibility index (Phi) is 6.12. The third-order valence-electron chi connectivity index (χ3n) is 4.01. The Morgan fingerprint density at radius 2 is 2.00 bits per heavy atom. The molecular formula is C17H16F3N5O4S. The van der Waals surface area contributed by atoms with Gasteiger partial charge in [0.25, 0.3) is 5.88 Å². The number of primary amides is 1. The molecule has 0 spiro atoms. The number of amides is 1. The van der Waals surface area contributed by atoms with E-state index in [0.29, 0.717) is 5.69 Å². The number of halogens is 3. The molecule has 0 radical (unpaired) electrons. The van der Waals surface area contributed by atoms with E-state index in [0.717, 1.165) is 17.4 Å². The van der Waals surface area contributed by atoms with Gasteiger partial charge in [0.2, 0.25) is 5.91 Å². The first-order valence-electron chi connectivity index (χ1n) is 8.37. The second kappa shape index (κ2) is 8.59. The molecule has 2 unspecified atom stereocenters. The molecule has 13 heteroatoms. The number of aromatic nitrogens is 2. The maximum Gasteiger partial charge on any atom is 0.388 e. The van der Waals surface area contributed by atoms with Crippen LogP contribution in [0.1, 0.15) is 23.7 Å². The van der Waals surface area contributed by atoms with Crippen LogP contribution in [-0.2, 0) is 4.79 Å². The number of nitrogens with two attached hydrogens (primary N) is 2. The third-order valence-corrected chi connectivity index (χ3v) is 5.14. The molecule has 2 aromatic heterocycles. The standard InChI is InChI=1S/C17H16F3N5O4S/c1-7(15(22)27)25(9-4-2-8(18)3-5-9)17-23-14(21)13(30-17)12(26)10-6-11(24-29-10)28-16(19)20/h2-7,12,16,26H,21H2,1H3,(H2,22,27). The van der Waals surface area contributed by atoms with Crippen LogP contribution in [0.5, 0.6) is 5.88 Å². The number of nitrogen functional groups attached to an aromatic ring is 1. The van der Waals surface area contributed by atoms with Crippen molar-refractivity contribution in [1.82, 2.24) is 10.1 Å². The zero-order chi connectivity index (χ0) is 22.0. The lowest BCUT2D eigenvalue weighted by Gasteiger charge is -2.26. The molecule has 0 aliphatic carbocycles. The smallest absolute Gasteiger partial charge is 0.388 e. The molecule has 1 aromatic carbocycles. The molecule has 9 nitrogen and oxygen atoms in total. The summed E-state index contributed by atoms with van der Waals surface area (Å²) in [6, 6.07) is 5.34. The molecule has 160 valence electrons. The highest BCUT2D eigenvalue weighted by molar-refractivity contribution is 7.16. The molecule has 2 heterocycles. The van der Waals surface area contributed by atoms with Gasteiger partial charge in [0, 0.05) is 11.8 Å². The second-order valence-electron chi connectivity index (χ2n) is 6.02. The van der Waals surface area contributed by atoms with Crippen molar-refractivity contribution in [1.29, 1.82) is 0 Å². The summed E-state index contributed by atoms with van der Waals surface area (Å²) in [6.45, 7) is -1.59. The van der Waals surface area contributed by atoms with Crippen LogP contribution in [0.3, 0.4) is 0 Å². The van der Waals surface area contributed by atoms with Crippen LogP contribution >= 0.6 is 11.3 Å². The number of hydrogen-bond acceptors (Lipinski definition) is 9. The summed E-state index contributed by atoms with van der Waals surface area (Å²) in [7, 11) is 0. The van der Waals surface area contributed by atoms with Crippen molar-refractivity contribution in [3.05, 3.63) is 46.8 Å². The summed E-state index contributed by atoms with van der Waals surface area (Å²) in [6.07, 6.45) is -1.49. The van der Waals surface area contributed by atoms with Crippen LogP contribution in [0.25, 0.3) is 0 Å². The molecule has 0 fully saturated rings. The molecular weight excluding hydrogens is 427 g/mol. The molecule has 0 saturated carbocycles. The summed E-state index contributed by atoms with van der Waals surface area (Å²) in [5.41, 5.74) is 11.7. The Bertz CT molecular complexity index is 1030. The van der Waals surface area contributed by atoms with Gasteiger partial charge in [-0.2, -0.15) is 8.78 Å².